The molecule has 2 aliphatic rings. The molecule has 2 fully saturated rings. The van der Waals surface area contributed by atoms with Gasteiger partial charge in [-0.05, 0) is 86.8 Å². The Labute approximate surface area is 268 Å². The van der Waals surface area contributed by atoms with E-state index in [0.29, 0.717) is 11.8 Å². The molecule has 2 N–H and O–H groups in total. The molecule has 2 saturated carbocycles. The molecule has 10 heteroatoms. The Balaban J connectivity index is 1.37. The van der Waals surface area contributed by atoms with Gasteiger partial charge in [0.2, 0.25) is 0 Å². The third-order valence-corrected chi connectivity index (χ3v) is 9.71. The van der Waals surface area contributed by atoms with Crippen LogP contribution in [0.5, 0.6) is 0 Å². The lowest BCUT2D eigenvalue weighted by Crippen LogP contribution is -2.44. The number of amides is 4. The van der Waals surface area contributed by atoms with Crippen molar-refractivity contribution in [2.45, 2.75) is 90.4 Å². The molecule has 0 spiro atoms. The standard InChI is InChI=1S/C36H42F4N4O2/c1-23(27-10-3-4-11-27)43(35(45)41-33-16-14-29(37)19-31(33)39)21-25-8-7-9-26(18-25)22-44(24(2)28-12-5-6-13-28)36(46)42-34-17-15-30(38)20-32(34)40/h7-9,14-20,23-24,27-28H,3-6,10-13,21-22H2,1-2H3,(H,41,45)(H,42,46). The smallest absolute Gasteiger partial charge is 0.317 e. The molecule has 0 aliphatic heterocycles. The molecule has 4 amide bonds. The van der Waals surface area contributed by atoms with E-state index in [1.807, 2.05) is 38.1 Å². The number of carbonyl (C=O) groups excluding carboxylic acids is 2. The Morgan fingerprint density at radius 3 is 1.41 bits per heavy atom. The first kappa shape index (κ1) is 33.3. The number of rotatable bonds is 10. The van der Waals surface area contributed by atoms with Crippen molar-refractivity contribution in [2.24, 2.45) is 11.8 Å². The highest BCUT2D eigenvalue weighted by molar-refractivity contribution is 5.90. The fraction of sp³-hybridized carbons (Fsp3) is 0.444. The Hall–Kier alpha value is -4.08. The highest BCUT2D eigenvalue weighted by atomic mass is 19.1. The van der Waals surface area contributed by atoms with Crippen LogP contribution < -0.4 is 10.6 Å². The molecule has 2 unspecified atom stereocenters. The number of nitrogens with zero attached hydrogens (tertiary/aromatic N) is 2. The van der Waals surface area contributed by atoms with Crippen molar-refractivity contribution in [3.05, 3.63) is 95.1 Å². The fourth-order valence-corrected chi connectivity index (χ4v) is 6.97. The molecule has 6 nitrogen and oxygen atoms in total. The van der Waals surface area contributed by atoms with Gasteiger partial charge < -0.3 is 20.4 Å². The number of hydrogen-bond donors (Lipinski definition) is 2. The monoisotopic (exact) mass is 638 g/mol. The summed E-state index contributed by atoms with van der Waals surface area (Å²) in [6.07, 6.45) is 8.33. The van der Waals surface area contributed by atoms with Crippen molar-refractivity contribution in [3.8, 4) is 0 Å². The van der Waals surface area contributed by atoms with Crippen molar-refractivity contribution in [1.82, 2.24) is 9.80 Å². The maximum absolute atomic E-state index is 14.4. The lowest BCUT2D eigenvalue weighted by Gasteiger charge is -2.34. The summed E-state index contributed by atoms with van der Waals surface area (Å²) in [4.78, 5) is 30.6. The largest absolute Gasteiger partial charge is 0.322 e. The molecule has 3 aromatic rings. The van der Waals surface area contributed by atoms with Crippen LogP contribution in [0.4, 0.5) is 38.5 Å². The fourth-order valence-electron chi connectivity index (χ4n) is 6.97. The molecule has 0 saturated heterocycles. The number of hydrogen-bond acceptors (Lipinski definition) is 2. The Kier molecular flexibility index (Phi) is 10.9. The Morgan fingerprint density at radius 2 is 1.04 bits per heavy atom. The number of urea groups is 2. The van der Waals surface area contributed by atoms with E-state index in [1.165, 1.54) is 12.1 Å². The van der Waals surface area contributed by atoms with Gasteiger partial charge in [-0.15, -0.1) is 0 Å². The van der Waals surface area contributed by atoms with Crippen LogP contribution in [-0.2, 0) is 13.1 Å². The molecule has 246 valence electrons. The maximum Gasteiger partial charge on any atom is 0.322 e. The van der Waals surface area contributed by atoms with Gasteiger partial charge in [0.05, 0.1) is 11.4 Å². The second-order valence-electron chi connectivity index (χ2n) is 12.8. The summed E-state index contributed by atoms with van der Waals surface area (Å²) in [6.45, 7) is 4.49. The van der Waals surface area contributed by atoms with Crippen LogP contribution in [0, 0.1) is 35.1 Å². The Morgan fingerprint density at radius 1 is 0.652 bits per heavy atom. The second-order valence-corrected chi connectivity index (χ2v) is 12.8. The molecular formula is C36H42F4N4O2. The highest BCUT2D eigenvalue weighted by Crippen LogP contribution is 2.33. The summed E-state index contributed by atoms with van der Waals surface area (Å²) < 4.78 is 55.9. The molecule has 3 aromatic carbocycles. The number of benzene rings is 3. The zero-order chi connectivity index (χ0) is 32.8. The normalized spacial score (nSPS) is 16.7. The van der Waals surface area contributed by atoms with E-state index in [-0.39, 0.29) is 36.5 Å². The van der Waals surface area contributed by atoms with E-state index in [0.717, 1.165) is 86.8 Å². The van der Waals surface area contributed by atoms with Gasteiger partial charge in [0, 0.05) is 37.3 Å². The minimum absolute atomic E-state index is 0.0936. The average molecular weight is 639 g/mol. The van der Waals surface area contributed by atoms with Gasteiger partial charge >= 0.3 is 12.1 Å². The molecule has 0 heterocycles. The molecule has 0 aromatic heterocycles. The van der Waals surface area contributed by atoms with Crippen molar-refractivity contribution in [1.29, 1.82) is 0 Å². The van der Waals surface area contributed by atoms with E-state index in [4.69, 9.17) is 0 Å². The van der Waals surface area contributed by atoms with Crippen LogP contribution in [-0.4, -0.2) is 33.9 Å². The minimum atomic E-state index is -0.848. The first-order chi connectivity index (χ1) is 22.1. The first-order valence-corrected chi connectivity index (χ1v) is 16.2. The van der Waals surface area contributed by atoms with Crippen molar-refractivity contribution in [2.75, 3.05) is 10.6 Å². The third kappa shape index (κ3) is 8.19. The van der Waals surface area contributed by atoms with Crippen LogP contribution in [0.25, 0.3) is 0 Å². The van der Waals surface area contributed by atoms with Crippen LogP contribution in [0.15, 0.2) is 60.7 Å². The van der Waals surface area contributed by atoms with Crippen molar-refractivity contribution < 1.29 is 27.2 Å². The molecule has 0 bridgehead atoms. The SMILES string of the molecule is CC(C1CCCC1)N(Cc1cccc(CN(C(=O)Nc2ccc(F)cc2F)C(C)C2CCCC2)c1)C(=O)Nc1ccc(F)cc1F. The van der Waals surface area contributed by atoms with Gasteiger partial charge in [0.15, 0.2) is 0 Å². The predicted octanol–water partition coefficient (Wildman–Crippen LogP) is 9.47. The summed E-state index contributed by atoms with van der Waals surface area (Å²) in [7, 11) is 0. The van der Waals surface area contributed by atoms with E-state index >= 15 is 0 Å². The van der Waals surface area contributed by atoms with Gasteiger partial charge in [0.1, 0.15) is 23.3 Å². The van der Waals surface area contributed by atoms with Gasteiger partial charge in [0.25, 0.3) is 0 Å². The van der Waals surface area contributed by atoms with Crippen molar-refractivity contribution in [3.63, 3.8) is 0 Å². The zero-order valence-corrected chi connectivity index (χ0v) is 26.4. The van der Waals surface area contributed by atoms with Crippen LogP contribution in [0.3, 0.4) is 0 Å². The van der Waals surface area contributed by atoms with Gasteiger partial charge in [-0.1, -0.05) is 49.9 Å². The van der Waals surface area contributed by atoms with E-state index in [2.05, 4.69) is 10.6 Å². The summed E-state index contributed by atoms with van der Waals surface area (Å²) in [5, 5.41) is 5.26. The highest BCUT2D eigenvalue weighted by Gasteiger charge is 2.32. The summed E-state index contributed by atoms with van der Waals surface area (Å²) in [5.41, 5.74) is 1.47. The molecule has 2 atom stereocenters. The minimum Gasteiger partial charge on any atom is -0.317 e. The molecule has 46 heavy (non-hydrogen) atoms. The maximum atomic E-state index is 14.4. The van der Waals surface area contributed by atoms with Crippen molar-refractivity contribution >= 4 is 23.4 Å². The molecular weight excluding hydrogens is 596 g/mol. The summed E-state index contributed by atoms with van der Waals surface area (Å²) in [5.74, 6) is -2.55. The lowest BCUT2D eigenvalue weighted by molar-refractivity contribution is 0.161. The lowest BCUT2D eigenvalue weighted by atomic mass is 9.97. The summed E-state index contributed by atoms with van der Waals surface area (Å²) in [6, 6.07) is 12.5. The Bertz CT molecular complexity index is 1410. The summed E-state index contributed by atoms with van der Waals surface area (Å²) >= 11 is 0. The molecule has 5 rings (SSSR count). The molecule has 0 radical (unpaired) electrons. The number of nitrogens with one attached hydrogen (secondary N) is 2. The predicted molar refractivity (Wildman–Crippen MR) is 171 cm³/mol. The number of anilines is 2. The molecule has 2 aliphatic carbocycles. The quantitative estimate of drug-likeness (QED) is 0.217. The second kappa shape index (κ2) is 15.0. The topological polar surface area (TPSA) is 64.7 Å². The van der Waals surface area contributed by atoms with Crippen LogP contribution in [0.2, 0.25) is 0 Å². The van der Waals surface area contributed by atoms with Gasteiger partial charge in [-0.2, -0.15) is 0 Å². The van der Waals surface area contributed by atoms with Crippen LogP contribution >= 0.6 is 0 Å². The average Bonchev–Trinajstić information content (AvgIpc) is 3.77. The van der Waals surface area contributed by atoms with Gasteiger partial charge in [-0.25, -0.2) is 27.2 Å². The third-order valence-electron chi connectivity index (χ3n) is 9.71. The van der Waals surface area contributed by atoms with E-state index < -0.39 is 35.3 Å². The van der Waals surface area contributed by atoms with Crippen LogP contribution in [0.1, 0.15) is 76.3 Å². The number of halogens is 4. The first-order valence-electron chi connectivity index (χ1n) is 16.2. The van der Waals surface area contributed by atoms with E-state index in [9.17, 15) is 27.2 Å². The van der Waals surface area contributed by atoms with Gasteiger partial charge in [-0.3, -0.25) is 0 Å². The van der Waals surface area contributed by atoms with E-state index in [1.54, 1.807) is 9.80 Å². The number of carbonyl (C=O) groups is 2. The zero-order valence-electron chi connectivity index (χ0n) is 26.4.